The fourth-order valence-corrected chi connectivity index (χ4v) is 2.32. The van der Waals surface area contributed by atoms with E-state index < -0.39 is 17.7 Å². The van der Waals surface area contributed by atoms with E-state index in [4.69, 9.17) is 21.1 Å². The molecule has 1 N–H and O–H groups in total. The third-order valence-corrected chi connectivity index (χ3v) is 3.19. The molecule has 8 heteroatoms. The minimum absolute atomic E-state index is 0.0390. The lowest BCUT2D eigenvalue weighted by atomic mass is 10.1. The Balaban J connectivity index is 1.89. The first kappa shape index (κ1) is 12.7. The average molecular weight is 297 g/mol. The van der Waals surface area contributed by atoms with Crippen molar-refractivity contribution in [2.45, 2.75) is 0 Å². The summed E-state index contributed by atoms with van der Waals surface area (Å²) >= 11 is 5.99. The van der Waals surface area contributed by atoms with Crippen molar-refractivity contribution in [3.8, 4) is 11.5 Å². The monoisotopic (exact) mass is 296 g/mol. The second kappa shape index (κ2) is 4.68. The minimum Gasteiger partial charge on any atom is -0.454 e. The molecule has 3 amide bonds. The molecular weight excluding hydrogens is 288 g/mol. The average Bonchev–Trinajstić information content (AvgIpc) is 2.85. The highest BCUT2D eigenvalue weighted by Crippen LogP contribution is 2.40. The van der Waals surface area contributed by atoms with Crippen molar-refractivity contribution in [1.29, 1.82) is 0 Å². The second-order valence-electron chi connectivity index (χ2n) is 4.32. The summed E-state index contributed by atoms with van der Waals surface area (Å²) in [5, 5.41) is 2.37. The number of rotatable bonds is 1. The minimum atomic E-state index is -0.513. The van der Waals surface area contributed by atoms with Gasteiger partial charge in [0.1, 0.15) is 13.1 Å². The Hall–Kier alpha value is -2.28. The summed E-state index contributed by atoms with van der Waals surface area (Å²) in [4.78, 5) is 36.0. The fourth-order valence-electron chi connectivity index (χ4n) is 2.05. The second-order valence-corrected chi connectivity index (χ2v) is 4.73. The van der Waals surface area contributed by atoms with E-state index in [2.05, 4.69) is 5.32 Å². The van der Waals surface area contributed by atoms with Gasteiger partial charge in [-0.15, -0.1) is 0 Å². The quantitative estimate of drug-likeness (QED) is 0.747. The molecule has 2 aliphatic rings. The van der Waals surface area contributed by atoms with Crippen molar-refractivity contribution >= 4 is 29.3 Å². The van der Waals surface area contributed by atoms with Crippen LogP contribution in [0.2, 0.25) is 5.02 Å². The molecule has 104 valence electrons. The third kappa shape index (κ3) is 2.16. The maximum absolute atomic E-state index is 12.3. The fraction of sp³-hybridized carbons (Fsp3) is 0.250. The van der Waals surface area contributed by atoms with Crippen LogP contribution in [0.25, 0.3) is 0 Å². The number of fused-ring (bicyclic) bond motifs is 1. The molecular formula is C12H9ClN2O5. The van der Waals surface area contributed by atoms with Gasteiger partial charge in [0.15, 0.2) is 11.5 Å². The van der Waals surface area contributed by atoms with Crippen LogP contribution in [-0.4, -0.2) is 42.5 Å². The van der Waals surface area contributed by atoms with E-state index in [1.165, 1.54) is 12.1 Å². The predicted octanol–water partition coefficient (Wildman–Crippen LogP) is 0.167. The van der Waals surface area contributed by atoms with Crippen molar-refractivity contribution in [3.05, 3.63) is 22.7 Å². The summed E-state index contributed by atoms with van der Waals surface area (Å²) in [5.74, 6) is -0.736. The molecule has 7 nitrogen and oxygen atoms in total. The van der Waals surface area contributed by atoms with Gasteiger partial charge >= 0.3 is 0 Å². The number of hydrogen-bond donors (Lipinski definition) is 1. The summed E-state index contributed by atoms with van der Waals surface area (Å²) < 4.78 is 10.3. The van der Waals surface area contributed by atoms with Crippen LogP contribution in [0, 0.1) is 0 Å². The van der Waals surface area contributed by atoms with E-state index >= 15 is 0 Å². The SMILES string of the molecule is O=C1CN(C(=O)c2cc(Cl)c3c(c2)OCO3)CC(=O)N1. The first-order chi connectivity index (χ1) is 9.54. The van der Waals surface area contributed by atoms with Crippen LogP contribution in [0.1, 0.15) is 10.4 Å². The Bertz CT molecular complexity index is 615. The van der Waals surface area contributed by atoms with Crippen LogP contribution in [0.4, 0.5) is 0 Å². The molecule has 2 aliphatic heterocycles. The number of hydrogen-bond acceptors (Lipinski definition) is 5. The zero-order valence-electron chi connectivity index (χ0n) is 10.1. The van der Waals surface area contributed by atoms with E-state index in [0.29, 0.717) is 11.5 Å². The summed E-state index contributed by atoms with van der Waals surface area (Å²) in [6.07, 6.45) is 0. The molecule has 0 radical (unpaired) electrons. The summed E-state index contributed by atoms with van der Waals surface area (Å²) in [6, 6.07) is 2.90. The van der Waals surface area contributed by atoms with E-state index in [1.807, 2.05) is 0 Å². The highest BCUT2D eigenvalue weighted by molar-refractivity contribution is 6.32. The van der Waals surface area contributed by atoms with Crippen molar-refractivity contribution in [2.24, 2.45) is 0 Å². The molecule has 0 aliphatic carbocycles. The Labute approximate surface area is 118 Å². The molecule has 0 unspecified atom stereocenters. The van der Waals surface area contributed by atoms with Crippen molar-refractivity contribution in [1.82, 2.24) is 10.2 Å². The number of benzene rings is 1. The largest absolute Gasteiger partial charge is 0.454 e. The zero-order valence-corrected chi connectivity index (χ0v) is 10.9. The van der Waals surface area contributed by atoms with E-state index in [1.54, 1.807) is 0 Å². The van der Waals surface area contributed by atoms with Gasteiger partial charge in [0.2, 0.25) is 18.6 Å². The van der Waals surface area contributed by atoms with Gasteiger partial charge in [-0.1, -0.05) is 11.6 Å². The molecule has 2 heterocycles. The van der Waals surface area contributed by atoms with Gasteiger partial charge in [-0.25, -0.2) is 0 Å². The van der Waals surface area contributed by atoms with Crippen molar-refractivity contribution in [2.75, 3.05) is 19.9 Å². The molecule has 1 fully saturated rings. The topological polar surface area (TPSA) is 84.9 Å². The van der Waals surface area contributed by atoms with Crippen LogP contribution in [0.3, 0.4) is 0 Å². The van der Waals surface area contributed by atoms with Crippen LogP contribution in [-0.2, 0) is 9.59 Å². The lowest BCUT2D eigenvalue weighted by Crippen LogP contribution is -2.53. The number of ether oxygens (including phenoxy) is 2. The van der Waals surface area contributed by atoms with Gasteiger partial charge in [-0.05, 0) is 12.1 Å². The molecule has 0 aromatic heterocycles. The van der Waals surface area contributed by atoms with Gasteiger partial charge in [0, 0.05) is 5.56 Å². The summed E-state index contributed by atoms with van der Waals surface area (Å²) in [5.41, 5.74) is 0.238. The third-order valence-electron chi connectivity index (χ3n) is 2.91. The highest BCUT2D eigenvalue weighted by Gasteiger charge is 2.29. The Kier molecular flexibility index (Phi) is 2.98. The number of imide groups is 1. The van der Waals surface area contributed by atoms with Gasteiger partial charge < -0.3 is 14.4 Å². The molecule has 0 bridgehead atoms. The molecule has 20 heavy (non-hydrogen) atoms. The van der Waals surface area contributed by atoms with E-state index in [9.17, 15) is 14.4 Å². The van der Waals surface area contributed by atoms with Crippen LogP contribution < -0.4 is 14.8 Å². The number of carbonyl (C=O) groups is 3. The predicted molar refractivity (Wildman–Crippen MR) is 66.6 cm³/mol. The summed E-state index contributed by atoms with van der Waals surface area (Å²) in [7, 11) is 0. The Morgan fingerprint density at radius 3 is 2.60 bits per heavy atom. The van der Waals surface area contributed by atoms with E-state index in [-0.39, 0.29) is 30.5 Å². The molecule has 3 rings (SSSR count). The first-order valence-corrected chi connectivity index (χ1v) is 6.13. The molecule has 1 saturated heterocycles. The lowest BCUT2D eigenvalue weighted by molar-refractivity contribution is -0.135. The number of carbonyl (C=O) groups excluding carboxylic acids is 3. The van der Waals surface area contributed by atoms with Gasteiger partial charge in [-0.3, -0.25) is 19.7 Å². The molecule has 0 saturated carbocycles. The number of halogens is 1. The van der Waals surface area contributed by atoms with Crippen LogP contribution >= 0.6 is 11.6 Å². The maximum Gasteiger partial charge on any atom is 0.254 e. The zero-order chi connectivity index (χ0) is 14.3. The van der Waals surface area contributed by atoms with Crippen LogP contribution in [0.15, 0.2) is 12.1 Å². The van der Waals surface area contributed by atoms with Gasteiger partial charge in [0.05, 0.1) is 5.02 Å². The number of nitrogens with one attached hydrogen (secondary N) is 1. The Morgan fingerprint density at radius 1 is 1.20 bits per heavy atom. The first-order valence-electron chi connectivity index (χ1n) is 5.75. The highest BCUT2D eigenvalue weighted by atomic mass is 35.5. The lowest BCUT2D eigenvalue weighted by Gasteiger charge is -2.25. The normalized spacial score (nSPS) is 17.1. The molecule has 0 atom stereocenters. The number of nitrogens with zero attached hydrogens (tertiary/aromatic N) is 1. The van der Waals surface area contributed by atoms with Crippen molar-refractivity contribution < 1.29 is 23.9 Å². The number of piperazine rings is 1. The summed E-state index contributed by atoms with van der Waals surface area (Å²) in [6.45, 7) is -0.301. The van der Waals surface area contributed by atoms with E-state index in [0.717, 1.165) is 4.90 Å². The van der Waals surface area contributed by atoms with Crippen LogP contribution in [0.5, 0.6) is 11.5 Å². The molecule has 1 aromatic rings. The molecule has 0 spiro atoms. The van der Waals surface area contributed by atoms with Gasteiger partial charge in [-0.2, -0.15) is 0 Å². The smallest absolute Gasteiger partial charge is 0.254 e. The number of amides is 3. The Morgan fingerprint density at radius 2 is 1.90 bits per heavy atom. The maximum atomic E-state index is 12.3. The van der Waals surface area contributed by atoms with Crippen molar-refractivity contribution in [3.63, 3.8) is 0 Å². The standard InChI is InChI=1S/C12H9ClN2O5/c13-7-1-6(2-8-11(7)20-5-19-8)12(18)15-3-9(16)14-10(17)4-15/h1-2H,3-5H2,(H,14,16,17). The van der Waals surface area contributed by atoms with Gasteiger partial charge in [0.25, 0.3) is 5.91 Å². The molecule has 1 aromatic carbocycles.